The second-order valence-electron chi connectivity index (χ2n) is 5.20. The summed E-state index contributed by atoms with van der Waals surface area (Å²) in [5.74, 6) is -0.665. The summed E-state index contributed by atoms with van der Waals surface area (Å²) in [5.41, 5.74) is 1.30. The average molecular weight is 306 g/mol. The Balaban J connectivity index is 2.25. The van der Waals surface area contributed by atoms with E-state index < -0.39 is 5.82 Å². The van der Waals surface area contributed by atoms with E-state index in [0.29, 0.717) is 22.1 Å². The minimum Gasteiger partial charge on any atom is -0.869 e. The van der Waals surface area contributed by atoms with Crippen molar-refractivity contribution in [3.8, 4) is 0 Å². The van der Waals surface area contributed by atoms with Crippen molar-refractivity contribution in [3.05, 3.63) is 93.9 Å². The molecule has 0 unspecified atom stereocenters. The third kappa shape index (κ3) is 1.97. The van der Waals surface area contributed by atoms with Crippen LogP contribution in [0.25, 0.3) is 16.9 Å². The summed E-state index contributed by atoms with van der Waals surface area (Å²) in [4.78, 5) is 12.2. The predicted octanol–water partition coefficient (Wildman–Crippen LogP) is 0.413. The van der Waals surface area contributed by atoms with Gasteiger partial charge in [0.2, 0.25) is 0 Å². The smallest absolute Gasteiger partial charge is 0.339 e. The van der Waals surface area contributed by atoms with Crippen LogP contribution in [0.4, 0.5) is 4.39 Å². The summed E-state index contributed by atoms with van der Waals surface area (Å²) < 4.78 is 16.3. The van der Waals surface area contributed by atoms with E-state index in [1.807, 2.05) is 0 Å². The number of imidazole rings is 1. The summed E-state index contributed by atoms with van der Waals surface area (Å²) in [5, 5.41) is 13.3. The number of halogens is 1. The molecule has 112 valence electrons. The number of benzene rings is 1. The molecule has 4 aromatic rings. The third-order valence-electron chi connectivity index (χ3n) is 3.83. The maximum absolute atomic E-state index is 13.1. The lowest BCUT2D eigenvalue weighted by Gasteiger charge is -2.09. The second kappa shape index (κ2) is 4.91. The molecule has 4 rings (SSSR count). The van der Waals surface area contributed by atoms with E-state index in [4.69, 9.17) is 0 Å². The molecule has 4 nitrogen and oxygen atoms in total. The largest absolute Gasteiger partial charge is 0.869 e. The number of fused-ring (bicyclic) bond motifs is 3. The fourth-order valence-electron chi connectivity index (χ4n) is 2.80. The highest BCUT2D eigenvalue weighted by Crippen LogP contribution is 2.08. The molecular formula is C18H11FN2O2. The number of nitrogens with zero attached hydrogens (tertiary/aromatic N) is 2. The highest BCUT2D eigenvalue weighted by atomic mass is 19.1. The number of hydrogen-bond acceptors (Lipinski definition) is 2. The Labute approximate surface area is 130 Å². The molecule has 0 aliphatic carbocycles. The highest BCUT2D eigenvalue weighted by Gasteiger charge is 2.17. The van der Waals surface area contributed by atoms with Crippen LogP contribution in [0.3, 0.4) is 0 Å². The second-order valence-corrected chi connectivity index (χ2v) is 5.20. The first-order valence-electron chi connectivity index (χ1n) is 7.08. The molecule has 0 amide bonds. The van der Waals surface area contributed by atoms with Crippen LogP contribution in [0.15, 0.2) is 71.7 Å². The van der Waals surface area contributed by atoms with Crippen molar-refractivity contribution in [2.45, 2.75) is 0 Å². The zero-order chi connectivity index (χ0) is 16.0. The van der Waals surface area contributed by atoms with Crippen LogP contribution in [-0.4, -0.2) is 4.40 Å². The minimum absolute atomic E-state index is 0.204. The molecule has 0 saturated heterocycles. The molecule has 5 heteroatoms. The lowest BCUT2D eigenvalue weighted by Crippen LogP contribution is -2.41. The first kappa shape index (κ1) is 13.5. The Hall–Kier alpha value is -3.21. The molecule has 0 aliphatic rings. The maximum Gasteiger partial charge on any atom is 0.339 e. The van der Waals surface area contributed by atoms with Gasteiger partial charge in [-0.2, -0.15) is 8.80 Å². The van der Waals surface area contributed by atoms with Crippen LogP contribution < -0.4 is 20.4 Å². The van der Waals surface area contributed by atoms with Gasteiger partial charge in [-0.15, -0.1) is 0 Å². The van der Waals surface area contributed by atoms with Gasteiger partial charge >= 0.3 is 5.56 Å². The monoisotopic (exact) mass is 306 g/mol. The zero-order valence-corrected chi connectivity index (χ0v) is 11.9. The summed E-state index contributed by atoms with van der Waals surface area (Å²) in [7, 11) is 0. The number of rotatable bonds is 1. The average Bonchev–Trinajstić information content (AvgIpc) is 2.90. The molecule has 0 aliphatic heterocycles. The van der Waals surface area contributed by atoms with E-state index in [0.717, 1.165) is 0 Å². The molecule has 0 saturated carbocycles. The Morgan fingerprint density at radius 1 is 1.00 bits per heavy atom. The summed E-state index contributed by atoms with van der Waals surface area (Å²) in [6.45, 7) is 0. The molecule has 3 aromatic heterocycles. The SMILES string of the molecule is O=c1cccc2/c(=C(\[O-])c3ccc(F)cc3)[n+]3ccccc3n12. The Morgan fingerprint density at radius 3 is 2.57 bits per heavy atom. The number of aromatic nitrogens is 2. The molecule has 0 spiro atoms. The van der Waals surface area contributed by atoms with Crippen molar-refractivity contribution in [1.82, 2.24) is 4.40 Å². The van der Waals surface area contributed by atoms with Crippen LogP contribution in [0, 0.1) is 5.82 Å². The summed E-state index contributed by atoms with van der Waals surface area (Å²) in [6.07, 6.45) is 1.73. The van der Waals surface area contributed by atoms with Gasteiger partial charge in [0.25, 0.3) is 5.65 Å². The quantitative estimate of drug-likeness (QED) is 0.478. The van der Waals surface area contributed by atoms with Crippen molar-refractivity contribution >= 4 is 16.9 Å². The molecule has 23 heavy (non-hydrogen) atoms. The highest BCUT2D eigenvalue weighted by molar-refractivity contribution is 5.64. The van der Waals surface area contributed by atoms with Crippen molar-refractivity contribution in [2.75, 3.05) is 0 Å². The standard InChI is InChI=1S/C18H11FN2O2/c19-13-9-7-12(8-10-13)18(23)17-14-4-3-6-16(22)21(14)15-5-1-2-11-20(15)17/h1-11H. The van der Waals surface area contributed by atoms with E-state index in [2.05, 4.69) is 0 Å². The van der Waals surface area contributed by atoms with Gasteiger partial charge in [-0.25, -0.2) is 9.18 Å². The molecule has 0 atom stereocenters. The molecule has 0 bridgehead atoms. The van der Waals surface area contributed by atoms with E-state index in [-0.39, 0.29) is 11.3 Å². The molecule has 3 heterocycles. The Morgan fingerprint density at radius 2 is 1.78 bits per heavy atom. The van der Waals surface area contributed by atoms with Gasteiger partial charge in [-0.1, -0.05) is 24.3 Å². The van der Waals surface area contributed by atoms with E-state index in [1.165, 1.54) is 34.7 Å². The van der Waals surface area contributed by atoms with E-state index >= 15 is 0 Å². The number of hydrogen-bond donors (Lipinski definition) is 0. The van der Waals surface area contributed by atoms with Crippen LogP contribution in [0.2, 0.25) is 0 Å². The van der Waals surface area contributed by atoms with Crippen molar-refractivity contribution < 1.29 is 13.9 Å². The maximum atomic E-state index is 13.1. The van der Waals surface area contributed by atoms with Crippen LogP contribution in [0.1, 0.15) is 5.56 Å². The first-order chi connectivity index (χ1) is 11.2. The Bertz CT molecular complexity index is 1150. The molecule has 0 radical (unpaired) electrons. The van der Waals surface area contributed by atoms with Gasteiger partial charge in [-0.05, 0) is 35.6 Å². The molecule has 0 N–H and O–H groups in total. The van der Waals surface area contributed by atoms with Gasteiger partial charge in [0.15, 0.2) is 10.9 Å². The molecule has 1 aromatic carbocycles. The normalized spacial score (nSPS) is 12.7. The topological polar surface area (TPSA) is 48.6 Å². The predicted molar refractivity (Wildman–Crippen MR) is 81.0 cm³/mol. The van der Waals surface area contributed by atoms with Crippen molar-refractivity contribution in [2.24, 2.45) is 0 Å². The lowest BCUT2D eigenvalue weighted by molar-refractivity contribution is -0.528. The Kier molecular flexibility index (Phi) is 2.87. The summed E-state index contributed by atoms with van der Waals surface area (Å²) >= 11 is 0. The van der Waals surface area contributed by atoms with Gasteiger partial charge in [-0.3, -0.25) is 0 Å². The van der Waals surface area contributed by atoms with Crippen LogP contribution >= 0.6 is 0 Å². The number of pyridine rings is 2. The van der Waals surface area contributed by atoms with Gasteiger partial charge in [0.05, 0.1) is 6.20 Å². The van der Waals surface area contributed by atoms with Gasteiger partial charge < -0.3 is 5.11 Å². The van der Waals surface area contributed by atoms with Gasteiger partial charge in [0.1, 0.15) is 5.82 Å². The molecule has 0 fully saturated rings. The van der Waals surface area contributed by atoms with Crippen LogP contribution in [-0.2, 0) is 0 Å². The lowest BCUT2D eigenvalue weighted by atomic mass is 10.1. The molecular weight excluding hydrogens is 295 g/mol. The fraction of sp³-hybridized carbons (Fsp3) is 0. The fourth-order valence-corrected chi connectivity index (χ4v) is 2.80. The first-order valence-corrected chi connectivity index (χ1v) is 7.08. The third-order valence-corrected chi connectivity index (χ3v) is 3.83. The van der Waals surface area contributed by atoms with Crippen molar-refractivity contribution in [1.29, 1.82) is 0 Å². The zero-order valence-electron chi connectivity index (χ0n) is 11.9. The van der Waals surface area contributed by atoms with Crippen LogP contribution in [0.5, 0.6) is 0 Å². The summed E-state index contributed by atoms with van der Waals surface area (Å²) in [6, 6.07) is 15.5. The van der Waals surface area contributed by atoms with E-state index in [1.54, 1.807) is 40.9 Å². The van der Waals surface area contributed by atoms with Gasteiger partial charge in [0, 0.05) is 12.1 Å². The minimum atomic E-state index is -0.400. The van der Waals surface area contributed by atoms with Crippen molar-refractivity contribution in [3.63, 3.8) is 0 Å². The van der Waals surface area contributed by atoms with E-state index in [9.17, 15) is 14.3 Å².